The van der Waals surface area contributed by atoms with Crippen LogP contribution >= 0.6 is 0 Å². The highest BCUT2D eigenvalue weighted by Crippen LogP contribution is 2.35. The topological polar surface area (TPSA) is 73.6 Å². The second-order valence-corrected chi connectivity index (χ2v) is 5.94. The number of nitrogen functional groups attached to an aromatic ring is 1. The van der Waals surface area contributed by atoms with E-state index in [9.17, 15) is 4.79 Å². The fourth-order valence-electron chi connectivity index (χ4n) is 3.06. The minimum atomic E-state index is -0.312. The molecule has 0 heterocycles. The van der Waals surface area contributed by atoms with Crippen LogP contribution in [0.2, 0.25) is 0 Å². The SMILES string of the molecule is COc1ccc(-c2cccc(C(=O)NN)c2)cc1OC1CCCC1. The van der Waals surface area contributed by atoms with Gasteiger partial charge >= 0.3 is 0 Å². The largest absolute Gasteiger partial charge is 0.493 e. The van der Waals surface area contributed by atoms with Gasteiger partial charge < -0.3 is 9.47 Å². The lowest BCUT2D eigenvalue weighted by molar-refractivity contribution is 0.0953. The van der Waals surface area contributed by atoms with Gasteiger partial charge in [0.15, 0.2) is 11.5 Å². The van der Waals surface area contributed by atoms with Gasteiger partial charge in [-0.3, -0.25) is 10.2 Å². The van der Waals surface area contributed by atoms with Crippen LogP contribution in [-0.4, -0.2) is 19.1 Å². The van der Waals surface area contributed by atoms with E-state index in [1.54, 1.807) is 13.2 Å². The third kappa shape index (κ3) is 3.51. The van der Waals surface area contributed by atoms with Crippen molar-refractivity contribution < 1.29 is 14.3 Å². The standard InChI is InChI=1S/C19H22N2O3/c1-23-17-10-9-14(12-18(17)24-16-7-2-3-8-16)13-5-4-6-15(11-13)19(22)21-20/h4-6,9-12,16H,2-3,7-8,20H2,1H3,(H,21,22). The van der Waals surface area contributed by atoms with Crippen LogP contribution in [0.5, 0.6) is 11.5 Å². The summed E-state index contributed by atoms with van der Waals surface area (Å²) in [5, 5.41) is 0. The smallest absolute Gasteiger partial charge is 0.265 e. The molecule has 126 valence electrons. The summed E-state index contributed by atoms with van der Waals surface area (Å²) in [7, 11) is 1.64. The number of carbonyl (C=O) groups is 1. The predicted octanol–water partition coefficient (Wildman–Crippen LogP) is 3.29. The fraction of sp³-hybridized carbons (Fsp3) is 0.316. The lowest BCUT2D eigenvalue weighted by Gasteiger charge is -2.17. The van der Waals surface area contributed by atoms with Crippen molar-refractivity contribution in [3.8, 4) is 22.6 Å². The highest BCUT2D eigenvalue weighted by Gasteiger charge is 2.19. The summed E-state index contributed by atoms with van der Waals surface area (Å²) in [6.45, 7) is 0. The first kappa shape index (κ1) is 16.3. The monoisotopic (exact) mass is 326 g/mol. The maximum atomic E-state index is 11.7. The Morgan fingerprint density at radius 3 is 2.54 bits per heavy atom. The number of nitrogens with two attached hydrogens (primary N) is 1. The highest BCUT2D eigenvalue weighted by atomic mass is 16.5. The maximum absolute atomic E-state index is 11.7. The van der Waals surface area contributed by atoms with Crippen LogP contribution in [0.1, 0.15) is 36.0 Å². The van der Waals surface area contributed by atoms with Crippen molar-refractivity contribution in [3.05, 3.63) is 48.0 Å². The molecule has 1 saturated carbocycles. The molecule has 0 atom stereocenters. The summed E-state index contributed by atoms with van der Waals surface area (Å²) in [5.41, 5.74) is 4.57. The van der Waals surface area contributed by atoms with E-state index in [1.807, 2.05) is 36.4 Å². The summed E-state index contributed by atoms with van der Waals surface area (Å²) in [6, 6.07) is 13.1. The van der Waals surface area contributed by atoms with Gasteiger partial charge in [-0.2, -0.15) is 0 Å². The molecule has 0 aromatic heterocycles. The van der Waals surface area contributed by atoms with Gasteiger partial charge in [-0.1, -0.05) is 18.2 Å². The average Bonchev–Trinajstić information content (AvgIpc) is 3.14. The van der Waals surface area contributed by atoms with E-state index in [0.717, 1.165) is 35.5 Å². The number of nitrogens with one attached hydrogen (secondary N) is 1. The molecule has 5 heteroatoms. The first-order valence-electron chi connectivity index (χ1n) is 8.17. The Bertz CT molecular complexity index is 724. The molecule has 2 aromatic rings. The molecule has 0 bridgehead atoms. The van der Waals surface area contributed by atoms with Crippen molar-refractivity contribution >= 4 is 5.91 Å². The van der Waals surface area contributed by atoms with Crippen LogP contribution < -0.4 is 20.7 Å². The van der Waals surface area contributed by atoms with Crippen molar-refractivity contribution in [2.75, 3.05) is 7.11 Å². The summed E-state index contributed by atoms with van der Waals surface area (Å²) in [6.07, 6.45) is 4.84. The van der Waals surface area contributed by atoms with Crippen molar-refractivity contribution in [2.45, 2.75) is 31.8 Å². The highest BCUT2D eigenvalue weighted by molar-refractivity contribution is 5.95. The van der Waals surface area contributed by atoms with Crippen molar-refractivity contribution in [1.82, 2.24) is 5.43 Å². The molecule has 1 fully saturated rings. The van der Waals surface area contributed by atoms with Crippen LogP contribution in [-0.2, 0) is 0 Å². The number of hydrogen-bond donors (Lipinski definition) is 2. The van der Waals surface area contributed by atoms with E-state index in [0.29, 0.717) is 5.56 Å². The van der Waals surface area contributed by atoms with Gasteiger partial charge in [-0.05, 0) is 61.1 Å². The minimum Gasteiger partial charge on any atom is -0.493 e. The number of hydrogen-bond acceptors (Lipinski definition) is 4. The molecule has 0 spiro atoms. The number of rotatable bonds is 5. The lowest BCUT2D eigenvalue weighted by atomic mass is 10.0. The van der Waals surface area contributed by atoms with Gasteiger partial charge in [-0.15, -0.1) is 0 Å². The van der Waals surface area contributed by atoms with Crippen molar-refractivity contribution in [3.63, 3.8) is 0 Å². The van der Waals surface area contributed by atoms with E-state index in [-0.39, 0.29) is 12.0 Å². The van der Waals surface area contributed by atoms with Gasteiger partial charge in [0.1, 0.15) is 0 Å². The molecule has 0 saturated heterocycles. The molecule has 3 rings (SSSR count). The van der Waals surface area contributed by atoms with Gasteiger partial charge in [0.2, 0.25) is 0 Å². The van der Waals surface area contributed by atoms with Crippen molar-refractivity contribution in [1.29, 1.82) is 0 Å². The molecule has 2 aromatic carbocycles. The molecule has 0 radical (unpaired) electrons. The van der Waals surface area contributed by atoms with E-state index >= 15 is 0 Å². The zero-order valence-electron chi connectivity index (χ0n) is 13.7. The molecule has 1 aliphatic rings. The number of hydrazine groups is 1. The van der Waals surface area contributed by atoms with Crippen LogP contribution in [0.15, 0.2) is 42.5 Å². The molecule has 24 heavy (non-hydrogen) atoms. The lowest BCUT2D eigenvalue weighted by Crippen LogP contribution is -2.29. The molecule has 1 aliphatic carbocycles. The van der Waals surface area contributed by atoms with E-state index in [4.69, 9.17) is 15.3 Å². The quantitative estimate of drug-likeness (QED) is 0.502. The number of methoxy groups -OCH3 is 1. The summed E-state index contributed by atoms with van der Waals surface area (Å²) in [4.78, 5) is 11.7. The first-order valence-corrected chi connectivity index (χ1v) is 8.17. The molecule has 3 N–H and O–H groups in total. The summed E-state index contributed by atoms with van der Waals surface area (Å²) >= 11 is 0. The first-order chi connectivity index (χ1) is 11.7. The zero-order chi connectivity index (χ0) is 16.9. The van der Waals surface area contributed by atoms with Crippen LogP contribution in [0.25, 0.3) is 11.1 Å². The summed E-state index contributed by atoms with van der Waals surface area (Å²) < 4.78 is 11.6. The number of benzene rings is 2. The minimum absolute atomic E-state index is 0.253. The molecule has 5 nitrogen and oxygen atoms in total. The Balaban J connectivity index is 1.92. The van der Waals surface area contributed by atoms with E-state index < -0.39 is 0 Å². The predicted molar refractivity (Wildman–Crippen MR) is 93.0 cm³/mol. The normalized spacial score (nSPS) is 14.4. The van der Waals surface area contributed by atoms with Gasteiger partial charge in [0.05, 0.1) is 13.2 Å². The molecule has 0 unspecified atom stereocenters. The van der Waals surface area contributed by atoms with Gasteiger partial charge in [0, 0.05) is 5.56 Å². The zero-order valence-corrected chi connectivity index (χ0v) is 13.7. The number of carbonyl (C=O) groups excluding carboxylic acids is 1. The van der Waals surface area contributed by atoms with Gasteiger partial charge in [0.25, 0.3) is 5.91 Å². The third-order valence-electron chi connectivity index (χ3n) is 4.35. The average molecular weight is 326 g/mol. The second-order valence-electron chi connectivity index (χ2n) is 5.94. The van der Waals surface area contributed by atoms with Crippen LogP contribution in [0.4, 0.5) is 0 Å². The van der Waals surface area contributed by atoms with Gasteiger partial charge in [-0.25, -0.2) is 5.84 Å². The van der Waals surface area contributed by atoms with E-state index in [1.165, 1.54) is 12.8 Å². The Kier molecular flexibility index (Phi) is 5.01. The Labute approximate surface area is 141 Å². The van der Waals surface area contributed by atoms with E-state index in [2.05, 4.69) is 5.43 Å². The maximum Gasteiger partial charge on any atom is 0.265 e. The Hall–Kier alpha value is -2.53. The molecule has 1 amide bonds. The number of amides is 1. The number of ether oxygens (including phenoxy) is 2. The molecule has 0 aliphatic heterocycles. The fourth-order valence-corrected chi connectivity index (χ4v) is 3.06. The van der Waals surface area contributed by atoms with Crippen LogP contribution in [0.3, 0.4) is 0 Å². The second kappa shape index (κ2) is 7.36. The van der Waals surface area contributed by atoms with Crippen molar-refractivity contribution in [2.24, 2.45) is 5.84 Å². The Morgan fingerprint density at radius 2 is 1.83 bits per heavy atom. The van der Waals surface area contributed by atoms with Crippen LogP contribution in [0, 0.1) is 0 Å². The molecular weight excluding hydrogens is 304 g/mol. The third-order valence-corrected chi connectivity index (χ3v) is 4.35. The molecular formula is C19H22N2O3. The summed E-state index contributed by atoms with van der Waals surface area (Å²) in [5.74, 6) is 6.37. The Morgan fingerprint density at radius 1 is 1.08 bits per heavy atom.